The lowest BCUT2D eigenvalue weighted by Crippen LogP contribution is -2.34. The molecule has 5 nitrogen and oxygen atoms in total. The van der Waals surface area contributed by atoms with Gasteiger partial charge in [0.15, 0.2) is 5.25 Å². The Kier molecular flexibility index (Phi) is 6.31. The summed E-state index contributed by atoms with van der Waals surface area (Å²) in [5.74, 6) is 0. The first-order chi connectivity index (χ1) is 6.90. The normalized spacial score (nSPS) is 13.8. The lowest BCUT2D eigenvalue weighted by molar-refractivity contribution is 0.0199. The Bertz CT molecular complexity index is 313. The van der Waals surface area contributed by atoms with Gasteiger partial charge in [0.05, 0.1) is 12.7 Å². The summed E-state index contributed by atoms with van der Waals surface area (Å²) in [6.07, 6.45) is -2.57. The highest BCUT2D eigenvalue weighted by Crippen LogP contribution is 1.95. The molecule has 0 fully saturated rings. The Hall–Kier alpha value is -0.780. The second-order valence-electron chi connectivity index (χ2n) is 2.68. The molecular formula is C7H12F2N2O3S. The minimum atomic E-state index is -3.69. The summed E-state index contributed by atoms with van der Waals surface area (Å²) in [6.45, 7) is 0.223. The van der Waals surface area contributed by atoms with Crippen molar-refractivity contribution in [3.63, 3.8) is 0 Å². The lowest BCUT2D eigenvalue weighted by atomic mass is 10.5. The van der Waals surface area contributed by atoms with Gasteiger partial charge in [-0.2, -0.15) is 5.26 Å². The Morgan fingerprint density at radius 1 is 1.53 bits per heavy atom. The number of ether oxygens (including phenoxy) is 1. The number of nitrogens with zero attached hydrogens (tertiary/aromatic N) is 1. The van der Waals surface area contributed by atoms with Crippen molar-refractivity contribution in [2.75, 3.05) is 19.8 Å². The summed E-state index contributed by atoms with van der Waals surface area (Å²) in [5.41, 5.74) is 0. The first-order valence-electron chi connectivity index (χ1n) is 4.14. The number of rotatable bonds is 7. The molecule has 0 bridgehead atoms. The monoisotopic (exact) mass is 242 g/mol. The predicted molar refractivity (Wildman–Crippen MR) is 48.8 cm³/mol. The van der Waals surface area contributed by atoms with Crippen LogP contribution in [-0.4, -0.2) is 39.9 Å². The SMILES string of the molecule is CC(C#N)S(=O)(=O)NCCOCC(F)F. The molecule has 1 atom stereocenters. The van der Waals surface area contributed by atoms with Gasteiger partial charge in [-0.1, -0.05) is 0 Å². The van der Waals surface area contributed by atoms with Gasteiger partial charge < -0.3 is 4.74 Å². The van der Waals surface area contributed by atoms with Gasteiger partial charge in [-0.25, -0.2) is 21.9 Å². The molecular weight excluding hydrogens is 230 g/mol. The molecule has 0 radical (unpaired) electrons. The Labute approximate surface area is 87.1 Å². The van der Waals surface area contributed by atoms with Crippen LogP contribution in [0.3, 0.4) is 0 Å². The number of nitriles is 1. The third-order valence-corrected chi connectivity index (χ3v) is 3.08. The topological polar surface area (TPSA) is 79.2 Å². The summed E-state index contributed by atoms with van der Waals surface area (Å²) >= 11 is 0. The van der Waals surface area contributed by atoms with Gasteiger partial charge in [-0.15, -0.1) is 0 Å². The van der Waals surface area contributed by atoms with Gasteiger partial charge >= 0.3 is 0 Å². The molecule has 15 heavy (non-hydrogen) atoms. The summed E-state index contributed by atoms with van der Waals surface area (Å²) in [7, 11) is -3.69. The Morgan fingerprint density at radius 3 is 2.60 bits per heavy atom. The number of hydrogen-bond acceptors (Lipinski definition) is 4. The van der Waals surface area contributed by atoms with E-state index in [1.54, 1.807) is 6.07 Å². The van der Waals surface area contributed by atoms with Crippen molar-refractivity contribution in [1.29, 1.82) is 5.26 Å². The van der Waals surface area contributed by atoms with Crippen molar-refractivity contribution in [2.24, 2.45) is 0 Å². The molecule has 0 spiro atoms. The van der Waals surface area contributed by atoms with Crippen LogP contribution in [0.2, 0.25) is 0 Å². The fourth-order valence-corrected chi connectivity index (χ4v) is 1.38. The van der Waals surface area contributed by atoms with Crippen LogP contribution in [0.4, 0.5) is 8.78 Å². The highest BCUT2D eigenvalue weighted by Gasteiger charge is 2.18. The molecule has 0 rings (SSSR count). The molecule has 0 aromatic carbocycles. The van der Waals surface area contributed by atoms with E-state index in [2.05, 4.69) is 9.46 Å². The molecule has 1 unspecified atom stereocenters. The van der Waals surface area contributed by atoms with E-state index in [1.807, 2.05) is 0 Å². The van der Waals surface area contributed by atoms with Crippen LogP contribution in [0.1, 0.15) is 6.92 Å². The van der Waals surface area contributed by atoms with E-state index in [1.165, 1.54) is 6.92 Å². The summed E-state index contributed by atoms with van der Waals surface area (Å²) < 4.78 is 51.9. The van der Waals surface area contributed by atoms with Crippen LogP contribution in [0.25, 0.3) is 0 Å². The molecule has 0 aromatic heterocycles. The Morgan fingerprint density at radius 2 is 2.13 bits per heavy atom. The molecule has 0 heterocycles. The average molecular weight is 242 g/mol. The quantitative estimate of drug-likeness (QED) is 0.642. The van der Waals surface area contributed by atoms with Crippen LogP contribution in [0.15, 0.2) is 0 Å². The predicted octanol–water partition coefficient (Wildman–Crippen LogP) is 0.0996. The van der Waals surface area contributed by atoms with Crippen molar-refractivity contribution in [1.82, 2.24) is 4.72 Å². The van der Waals surface area contributed by atoms with E-state index in [4.69, 9.17) is 5.26 Å². The summed E-state index contributed by atoms with van der Waals surface area (Å²) in [5, 5.41) is 7.17. The molecule has 0 aliphatic heterocycles. The van der Waals surface area contributed by atoms with Crippen LogP contribution in [0.5, 0.6) is 0 Å². The van der Waals surface area contributed by atoms with Crippen LogP contribution in [-0.2, 0) is 14.8 Å². The minimum Gasteiger partial charge on any atom is -0.374 e. The van der Waals surface area contributed by atoms with Gasteiger partial charge in [-0.05, 0) is 6.92 Å². The first-order valence-corrected chi connectivity index (χ1v) is 5.68. The van der Waals surface area contributed by atoms with Crippen molar-refractivity contribution < 1.29 is 21.9 Å². The average Bonchev–Trinajstić information content (AvgIpc) is 2.15. The van der Waals surface area contributed by atoms with Crippen molar-refractivity contribution >= 4 is 10.0 Å². The van der Waals surface area contributed by atoms with Gasteiger partial charge in [0, 0.05) is 6.54 Å². The van der Waals surface area contributed by atoms with Gasteiger partial charge in [0.1, 0.15) is 6.61 Å². The Balaban J connectivity index is 3.74. The van der Waals surface area contributed by atoms with E-state index in [0.29, 0.717) is 0 Å². The van der Waals surface area contributed by atoms with Crippen molar-refractivity contribution in [2.45, 2.75) is 18.6 Å². The lowest BCUT2D eigenvalue weighted by Gasteiger charge is -2.07. The number of nitrogens with one attached hydrogen (secondary N) is 1. The maximum atomic E-state index is 11.6. The van der Waals surface area contributed by atoms with Crippen LogP contribution >= 0.6 is 0 Å². The number of alkyl halides is 2. The minimum absolute atomic E-state index is 0.124. The second-order valence-corrected chi connectivity index (χ2v) is 4.76. The molecule has 1 N–H and O–H groups in total. The fraction of sp³-hybridized carbons (Fsp3) is 0.857. The third kappa shape index (κ3) is 6.33. The highest BCUT2D eigenvalue weighted by molar-refractivity contribution is 7.90. The third-order valence-electron chi connectivity index (χ3n) is 1.44. The summed E-state index contributed by atoms with van der Waals surface area (Å²) in [4.78, 5) is 0. The molecule has 0 saturated carbocycles. The van der Waals surface area contributed by atoms with E-state index < -0.39 is 28.3 Å². The van der Waals surface area contributed by atoms with Crippen LogP contribution in [0, 0.1) is 11.3 Å². The molecule has 0 aromatic rings. The van der Waals surface area contributed by atoms with Gasteiger partial charge in [-0.3, -0.25) is 0 Å². The molecule has 8 heteroatoms. The molecule has 88 valence electrons. The smallest absolute Gasteiger partial charge is 0.261 e. The molecule has 0 saturated heterocycles. The largest absolute Gasteiger partial charge is 0.374 e. The number of halogens is 2. The zero-order valence-corrected chi connectivity index (χ0v) is 8.93. The van der Waals surface area contributed by atoms with Gasteiger partial charge in [0.2, 0.25) is 10.0 Å². The van der Waals surface area contributed by atoms with Crippen molar-refractivity contribution in [3.8, 4) is 6.07 Å². The maximum absolute atomic E-state index is 11.6. The zero-order chi connectivity index (χ0) is 11.9. The number of hydrogen-bond donors (Lipinski definition) is 1. The zero-order valence-electron chi connectivity index (χ0n) is 8.11. The van der Waals surface area contributed by atoms with E-state index in [0.717, 1.165) is 0 Å². The fourth-order valence-electron chi connectivity index (χ4n) is 0.623. The van der Waals surface area contributed by atoms with Gasteiger partial charge in [0.25, 0.3) is 6.43 Å². The molecule has 0 aliphatic carbocycles. The standard InChI is InChI=1S/C7H12F2N2O3S/c1-6(4-10)15(12,13)11-2-3-14-5-7(8)9/h6-7,11H,2-3,5H2,1H3. The van der Waals surface area contributed by atoms with E-state index in [9.17, 15) is 17.2 Å². The van der Waals surface area contributed by atoms with E-state index in [-0.39, 0.29) is 13.2 Å². The van der Waals surface area contributed by atoms with E-state index >= 15 is 0 Å². The highest BCUT2D eigenvalue weighted by atomic mass is 32.2. The number of sulfonamides is 1. The van der Waals surface area contributed by atoms with Crippen LogP contribution < -0.4 is 4.72 Å². The molecule has 0 aliphatic rings. The second kappa shape index (κ2) is 6.66. The molecule has 0 amide bonds. The maximum Gasteiger partial charge on any atom is 0.261 e. The first kappa shape index (κ1) is 14.2. The summed E-state index contributed by atoms with van der Waals surface area (Å²) in [6, 6.07) is 1.55. The van der Waals surface area contributed by atoms with Crippen molar-refractivity contribution in [3.05, 3.63) is 0 Å².